The first-order valence-corrected chi connectivity index (χ1v) is 8.65. The molecule has 0 bridgehead atoms. The number of nitrogens with zero attached hydrogens (tertiary/aromatic N) is 2. The highest BCUT2D eigenvalue weighted by molar-refractivity contribution is 5.83. The van der Waals surface area contributed by atoms with Gasteiger partial charge in [0.25, 0.3) is 0 Å². The Balaban J connectivity index is 1.49. The van der Waals surface area contributed by atoms with E-state index in [9.17, 15) is 4.79 Å². The molecule has 5 heteroatoms. The standard InChI is InChI=1S/C20H22N4O/c1-14(22-12-20(10-11-20)19(21)25)15-6-8-16(9-7-15)24-13-23-17-4-2-3-5-18(17)24/h2-9,13-14,22H,10-12H2,1H3,(H2,21,25). The SMILES string of the molecule is CC(NCC1(C(N)=O)CC1)c1ccc(-n2cnc3ccccc32)cc1. The van der Waals surface area contributed by atoms with E-state index in [2.05, 4.69) is 52.1 Å². The van der Waals surface area contributed by atoms with Gasteiger partial charge in [0.05, 0.1) is 16.4 Å². The van der Waals surface area contributed by atoms with Crippen LogP contribution >= 0.6 is 0 Å². The number of nitrogens with two attached hydrogens (primary N) is 1. The molecule has 2 aromatic carbocycles. The Hall–Kier alpha value is -2.66. The van der Waals surface area contributed by atoms with E-state index in [1.165, 1.54) is 5.56 Å². The normalized spacial score (nSPS) is 16.7. The number of hydrogen-bond acceptors (Lipinski definition) is 3. The van der Waals surface area contributed by atoms with Crippen molar-refractivity contribution in [3.63, 3.8) is 0 Å². The maximum absolute atomic E-state index is 11.5. The largest absolute Gasteiger partial charge is 0.369 e. The van der Waals surface area contributed by atoms with E-state index >= 15 is 0 Å². The first kappa shape index (κ1) is 15.8. The number of nitrogens with one attached hydrogen (secondary N) is 1. The molecule has 3 N–H and O–H groups in total. The lowest BCUT2D eigenvalue weighted by Gasteiger charge is -2.18. The van der Waals surface area contributed by atoms with Gasteiger partial charge < -0.3 is 11.1 Å². The number of imidazole rings is 1. The second kappa shape index (κ2) is 6.01. The molecule has 25 heavy (non-hydrogen) atoms. The Morgan fingerprint density at radius 3 is 2.64 bits per heavy atom. The van der Waals surface area contributed by atoms with E-state index in [1.807, 2.05) is 24.5 Å². The summed E-state index contributed by atoms with van der Waals surface area (Å²) in [4.78, 5) is 15.9. The number of carbonyl (C=O) groups excluding carboxylic acids is 1. The van der Waals surface area contributed by atoms with Crippen LogP contribution in [0.3, 0.4) is 0 Å². The summed E-state index contributed by atoms with van der Waals surface area (Å²) in [7, 11) is 0. The molecule has 1 heterocycles. The van der Waals surface area contributed by atoms with Gasteiger partial charge in [0.15, 0.2) is 0 Å². The Morgan fingerprint density at radius 2 is 1.96 bits per heavy atom. The molecule has 3 aromatic rings. The highest BCUT2D eigenvalue weighted by atomic mass is 16.1. The van der Waals surface area contributed by atoms with Crippen molar-refractivity contribution in [3.05, 3.63) is 60.4 Å². The summed E-state index contributed by atoms with van der Waals surface area (Å²) in [5, 5.41) is 3.45. The number of fused-ring (bicyclic) bond motifs is 1. The minimum absolute atomic E-state index is 0.172. The molecule has 1 unspecified atom stereocenters. The molecular weight excluding hydrogens is 312 g/mol. The lowest BCUT2D eigenvalue weighted by molar-refractivity contribution is -0.122. The van der Waals surface area contributed by atoms with Crippen molar-refractivity contribution in [2.75, 3.05) is 6.54 Å². The molecule has 0 aliphatic heterocycles. The van der Waals surface area contributed by atoms with Gasteiger partial charge in [0.1, 0.15) is 6.33 Å². The van der Waals surface area contributed by atoms with Crippen LogP contribution in [0.2, 0.25) is 0 Å². The Labute approximate surface area is 146 Å². The summed E-state index contributed by atoms with van der Waals surface area (Å²) >= 11 is 0. The molecule has 5 nitrogen and oxygen atoms in total. The van der Waals surface area contributed by atoms with Gasteiger partial charge in [-0.15, -0.1) is 0 Å². The fraction of sp³-hybridized carbons (Fsp3) is 0.300. The molecule has 128 valence electrons. The van der Waals surface area contributed by atoms with Crippen LogP contribution in [0, 0.1) is 5.41 Å². The first-order chi connectivity index (χ1) is 12.1. The predicted molar refractivity (Wildman–Crippen MR) is 98.3 cm³/mol. The van der Waals surface area contributed by atoms with Crippen molar-refractivity contribution in [3.8, 4) is 5.69 Å². The third-order valence-corrected chi connectivity index (χ3v) is 5.25. The Morgan fingerprint density at radius 1 is 1.24 bits per heavy atom. The Bertz CT molecular complexity index is 909. The van der Waals surface area contributed by atoms with Crippen LogP contribution in [0.15, 0.2) is 54.9 Å². The number of rotatable bonds is 6. The fourth-order valence-electron chi connectivity index (χ4n) is 3.22. The van der Waals surface area contributed by atoms with E-state index in [1.54, 1.807) is 0 Å². The topological polar surface area (TPSA) is 72.9 Å². The van der Waals surface area contributed by atoms with E-state index in [4.69, 9.17) is 5.73 Å². The molecule has 0 spiro atoms. The van der Waals surface area contributed by atoms with Crippen LogP contribution in [0.25, 0.3) is 16.7 Å². The highest BCUT2D eigenvalue weighted by Crippen LogP contribution is 2.44. The second-order valence-electron chi connectivity index (χ2n) is 6.94. The summed E-state index contributed by atoms with van der Waals surface area (Å²) in [6.07, 6.45) is 3.65. The lowest BCUT2D eigenvalue weighted by Crippen LogP contribution is -2.35. The molecule has 1 atom stereocenters. The van der Waals surface area contributed by atoms with Gasteiger partial charge in [-0.3, -0.25) is 9.36 Å². The molecule has 1 aliphatic rings. The maximum Gasteiger partial charge on any atom is 0.224 e. The quantitative estimate of drug-likeness (QED) is 0.728. The molecule has 4 rings (SSSR count). The van der Waals surface area contributed by atoms with Gasteiger partial charge in [0.2, 0.25) is 5.91 Å². The third-order valence-electron chi connectivity index (χ3n) is 5.25. The summed E-state index contributed by atoms with van der Waals surface area (Å²) < 4.78 is 2.09. The summed E-state index contributed by atoms with van der Waals surface area (Å²) in [6.45, 7) is 2.76. The summed E-state index contributed by atoms with van der Waals surface area (Å²) in [6, 6.07) is 16.7. The van der Waals surface area contributed by atoms with Gasteiger partial charge in [-0.2, -0.15) is 0 Å². The molecule has 1 fully saturated rings. The number of carbonyl (C=O) groups is 1. The number of hydrogen-bond donors (Lipinski definition) is 2. The lowest BCUT2D eigenvalue weighted by atomic mass is 10.0. The Kier molecular flexibility index (Phi) is 3.81. The maximum atomic E-state index is 11.5. The van der Waals surface area contributed by atoms with Crippen LogP contribution in [0.4, 0.5) is 0 Å². The molecule has 0 radical (unpaired) electrons. The monoisotopic (exact) mass is 334 g/mol. The number of primary amides is 1. The second-order valence-corrected chi connectivity index (χ2v) is 6.94. The van der Waals surface area contributed by atoms with E-state index in [0.717, 1.165) is 29.6 Å². The molecule has 1 aromatic heterocycles. The third kappa shape index (κ3) is 2.91. The average Bonchev–Trinajstić information content (AvgIpc) is 3.32. The van der Waals surface area contributed by atoms with Gasteiger partial charge >= 0.3 is 0 Å². The summed E-state index contributed by atoms with van der Waals surface area (Å²) in [5.41, 5.74) is 9.53. The highest BCUT2D eigenvalue weighted by Gasteiger charge is 2.48. The van der Waals surface area contributed by atoms with Crippen molar-refractivity contribution in [1.82, 2.24) is 14.9 Å². The number of aromatic nitrogens is 2. The van der Waals surface area contributed by atoms with E-state index in [0.29, 0.717) is 6.54 Å². The van der Waals surface area contributed by atoms with Gasteiger partial charge in [-0.25, -0.2) is 4.98 Å². The molecule has 1 aliphatic carbocycles. The smallest absolute Gasteiger partial charge is 0.224 e. The van der Waals surface area contributed by atoms with Crippen molar-refractivity contribution < 1.29 is 4.79 Å². The van der Waals surface area contributed by atoms with Crippen LogP contribution < -0.4 is 11.1 Å². The van der Waals surface area contributed by atoms with Gasteiger partial charge in [-0.05, 0) is 49.6 Å². The zero-order valence-electron chi connectivity index (χ0n) is 14.3. The van der Waals surface area contributed by atoms with Crippen molar-refractivity contribution in [1.29, 1.82) is 0 Å². The van der Waals surface area contributed by atoms with Gasteiger partial charge in [-0.1, -0.05) is 24.3 Å². The molecule has 0 saturated heterocycles. The minimum atomic E-state index is -0.316. The van der Waals surface area contributed by atoms with Crippen LogP contribution in [-0.4, -0.2) is 22.0 Å². The zero-order valence-corrected chi connectivity index (χ0v) is 14.3. The van der Waals surface area contributed by atoms with Crippen LogP contribution in [0.5, 0.6) is 0 Å². The van der Waals surface area contributed by atoms with Crippen LogP contribution in [-0.2, 0) is 4.79 Å². The van der Waals surface area contributed by atoms with E-state index < -0.39 is 0 Å². The van der Waals surface area contributed by atoms with Crippen molar-refractivity contribution >= 4 is 16.9 Å². The fourth-order valence-corrected chi connectivity index (χ4v) is 3.22. The first-order valence-electron chi connectivity index (χ1n) is 8.65. The number of benzene rings is 2. The molecule has 1 amide bonds. The summed E-state index contributed by atoms with van der Waals surface area (Å²) in [5.74, 6) is -0.186. The average molecular weight is 334 g/mol. The predicted octanol–water partition coefficient (Wildman–Crippen LogP) is 2.94. The minimum Gasteiger partial charge on any atom is -0.369 e. The van der Waals surface area contributed by atoms with E-state index in [-0.39, 0.29) is 17.4 Å². The van der Waals surface area contributed by atoms with Crippen molar-refractivity contribution in [2.24, 2.45) is 11.1 Å². The number of para-hydroxylation sites is 2. The molecule has 1 saturated carbocycles. The molecular formula is C20H22N4O. The van der Waals surface area contributed by atoms with Crippen LogP contribution in [0.1, 0.15) is 31.4 Å². The van der Waals surface area contributed by atoms with Crippen molar-refractivity contribution in [2.45, 2.75) is 25.8 Å². The zero-order chi connectivity index (χ0) is 17.4. The number of amides is 1. The van der Waals surface area contributed by atoms with Gasteiger partial charge in [0, 0.05) is 18.3 Å².